The summed E-state index contributed by atoms with van der Waals surface area (Å²) >= 11 is 0. The van der Waals surface area contributed by atoms with Gasteiger partial charge in [-0.3, -0.25) is 9.59 Å². The second-order valence-corrected chi connectivity index (χ2v) is 6.56. The van der Waals surface area contributed by atoms with E-state index in [0.717, 1.165) is 25.9 Å². The van der Waals surface area contributed by atoms with E-state index in [9.17, 15) is 9.59 Å². The van der Waals surface area contributed by atoms with Crippen LogP contribution >= 0.6 is 0 Å². The molecule has 0 aliphatic carbocycles. The van der Waals surface area contributed by atoms with Crippen molar-refractivity contribution in [1.82, 2.24) is 10.6 Å². The second kappa shape index (κ2) is 9.93. The minimum Gasteiger partial charge on any atom is -0.497 e. The zero-order valence-electron chi connectivity index (χ0n) is 14.9. The van der Waals surface area contributed by atoms with Crippen LogP contribution in [0.5, 0.6) is 5.75 Å². The monoisotopic (exact) mass is 336 g/mol. The van der Waals surface area contributed by atoms with Gasteiger partial charge in [-0.05, 0) is 64.9 Å². The van der Waals surface area contributed by atoms with Gasteiger partial charge in [0.1, 0.15) is 11.4 Å². The molecule has 1 fully saturated rings. The summed E-state index contributed by atoms with van der Waals surface area (Å²) in [6.07, 6.45) is 1.99. The lowest BCUT2D eigenvalue weighted by Gasteiger charge is -2.23. The Hall–Kier alpha value is -2.08. The van der Waals surface area contributed by atoms with Gasteiger partial charge in [-0.15, -0.1) is 0 Å². The maximum absolute atomic E-state index is 12.0. The van der Waals surface area contributed by atoms with E-state index in [0.29, 0.717) is 17.8 Å². The van der Waals surface area contributed by atoms with Gasteiger partial charge in [0.2, 0.25) is 0 Å². The van der Waals surface area contributed by atoms with E-state index in [1.54, 1.807) is 19.2 Å². The number of amides is 1. The fraction of sp³-hybridized carbons (Fsp3) is 0.556. The SMILES string of the molecule is CC(C)(C)OC=O.COc1cccc(C(=O)NC2CCNCC2)c1. The number of nitrogens with one attached hydrogen (secondary N) is 2. The zero-order valence-corrected chi connectivity index (χ0v) is 14.9. The van der Waals surface area contributed by atoms with Gasteiger partial charge in [-0.2, -0.15) is 0 Å². The predicted octanol–water partition coefficient (Wildman–Crippen LogP) is 2.13. The number of hydrogen-bond donors (Lipinski definition) is 2. The average Bonchev–Trinajstić information content (AvgIpc) is 2.55. The summed E-state index contributed by atoms with van der Waals surface area (Å²) in [6, 6.07) is 7.52. The highest BCUT2D eigenvalue weighted by atomic mass is 16.5. The molecule has 1 aliphatic heterocycles. The first-order valence-corrected chi connectivity index (χ1v) is 8.13. The zero-order chi connectivity index (χ0) is 18.0. The summed E-state index contributed by atoms with van der Waals surface area (Å²) in [4.78, 5) is 21.6. The fourth-order valence-corrected chi connectivity index (χ4v) is 2.14. The number of methoxy groups -OCH3 is 1. The van der Waals surface area contributed by atoms with Crippen LogP contribution in [-0.4, -0.2) is 44.2 Å². The van der Waals surface area contributed by atoms with Crippen molar-refractivity contribution in [3.63, 3.8) is 0 Å². The second-order valence-electron chi connectivity index (χ2n) is 6.56. The third-order valence-electron chi connectivity index (χ3n) is 3.41. The van der Waals surface area contributed by atoms with E-state index in [4.69, 9.17) is 4.74 Å². The van der Waals surface area contributed by atoms with E-state index < -0.39 is 0 Å². The molecular formula is C18H28N2O4. The lowest BCUT2D eigenvalue weighted by Crippen LogP contribution is -2.42. The lowest BCUT2D eigenvalue weighted by atomic mass is 10.1. The predicted molar refractivity (Wildman–Crippen MR) is 93.3 cm³/mol. The molecule has 0 aromatic heterocycles. The van der Waals surface area contributed by atoms with Crippen molar-refractivity contribution in [1.29, 1.82) is 0 Å². The summed E-state index contributed by atoms with van der Waals surface area (Å²) in [6.45, 7) is 7.87. The molecule has 0 atom stereocenters. The lowest BCUT2D eigenvalue weighted by molar-refractivity contribution is -0.138. The summed E-state index contributed by atoms with van der Waals surface area (Å²) in [7, 11) is 1.60. The van der Waals surface area contributed by atoms with Gasteiger partial charge in [-0.1, -0.05) is 6.07 Å². The van der Waals surface area contributed by atoms with Crippen molar-refractivity contribution >= 4 is 12.4 Å². The van der Waals surface area contributed by atoms with Crippen LogP contribution < -0.4 is 15.4 Å². The van der Waals surface area contributed by atoms with Gasteiger partial charge < -0.3 is 20.1 Å². The van der Waals surface area contributed by atoms with Crippen LogP contribution in [0.2, 0.25) is 0 Å². The molecule has 2 N–H and O–H groups in total. The van der Waals surface area contributed by atoms with Gasteiger partial charge in [0, 0.05) is 11.6 Å². The Labute approximate surface area is 143 Å². The molecular weight excluding hydrogens is 308 g/mol. The highest BCUT2D eigenvalue weighted by molar-refractivity contribution is 5.94. The molecule has 6 heteroatoms. The van der Waals surface area contributed by atoms with Crippen LogP contribution in [0.15, 0.2) is 24.3 Å². The minimum atomic E-state index is -0.318. The van der Waals surface area contributed by atoms with Crippen molar-refractivity contribution in [2.75, 3.05) is 20.2 Å². The summed E-state index contributed by atoms with van der Waals surface area (Å²) < 4.78 is 9.65. The van der Waals surface area contributed by atoms with E-state index >= 15 is 0 Å². The van der Waals surface area contributed by atoms with Gasteiger partial charge >= 0.3 is 0 Å². The van der Waals surface area contributed by atoms with Gasteiger partial charge in [-0.25, -0.2) is 0 Å². The Kier molecular flexibility index (Phi) is 8.26. The molecule has 1 saturated heterocycles. The third-order valence-corrected chi connectivity index (χ3v) is 3.41. The number of benzene rings is 1. The largest absolute Gasteiger partial charge is 0.497 e. The molecule has 134 valence electrons. The van der Waals surface area contributed by atoms with Crippen LogP contribution in [0, 0.1) is 0 Å². The maximum Gasteiger partial charge on any atom is 0.293 e. The van der Waals surface area contributed by atoms with Crippen molar-refractivity contribution in [2.45, 2.75) is 45.3 Å². The number of carbonyl (C=O) groups is 2. The molecule has 0 radical (unpaired) electrons. The first-order valence-electron chi connectivity index (χ1n) is 8.13. The van der Waals surface area contributed by atoms with Crippen molar-refractivity contribution < 1.29 is 19.1 Å². The Balaban J connectivity index is 0.000000351. The third kappa shape index (κ3) is 7.97. The molecule has 24 heavy (non-hydrogen) atoms. The maximum atomic E-state index is 12.0. The highest BCUT2D eigenvalue weighted by Crippen LogP contribution is 2.13. The number of rotatable bonds is 4. The fourth-order valence-electron chi connectivity index (χ4n) is 2.14. The number of ether oxygens (including phenoxy) is 2. The topological polar surface area (TPSA) is 76.7 Å². The minimum absolute atomic E-state index is 0.0178. The first kappa shape index (κ1) is 20.0. The normalized spacial score (nSPS) is 14.8. The summed E-state index contributed by atoms with van der Waals surface area (Å²) in [5.41, 5.74) is 0.338. The van der Waals surface area contributed by atoms with E-state index in [2.05, 4.69) is 15.4 Å². The average molecular weight is 336 g/mol. The Bertz CT molecular complexity index is 520. The molecule has 0 bridgehead atoms. The van der Waals surface area contributed by atoms with Crippen LogP contribution in [-0.2, 0) is 9.53 Å². The number of carbonyl (C=O) groups excluding carboxylic acids is 2. The molecule has 1 amide bonds. The van der Waals surface area contributed by atoms with Crippen LogP contribution in [0.1, 0.15) is 44.0 Å². The first-order chi connectivity index (χ1) is 11.4. The van der Waals surface area contributed by atoms with Crippen molar-refractivity contribution in [2.24, 2.45) is 0 Å². The van der Waals surface area contributed by atoms with E-state index in [-0.39, 0.29) is 17.6 Å². The van der Waals surface area contributed by atoms with Crippen molar-refractivity contribution in [3.8, 4) is 5.75 Å². The standard InChI is InChI=1S/C13H18N2O2.C5H10O2/c1-17-12-4-2-3-10(9-12)13(16)15-11-5-7-14-8-6-11;1-5(2,3)7-4-6/h2-4,9,11,14H,5-8H2,1H3,(H,15,16);4H,1-3H3. The molecule has 1 heterocycles. The number of hydrogen-bond acceptors (Lipinski definition) is 5. The molecule has 0 spiro atoms. The molecule has 0 unspecified atom stereocenters. The quantitative estimate of drug-likeness (QED) is 0.824. The Morgan fingerprint density at radius 3 is 2.46 bits per heavy atom. The van der Waals surface area contributed by atoms with Gasteiger partial charge in [0.05, 0.1) is 7.11 Å². The van der Waals surface area contributed by atoms with Crippen LogP contribution in [0.25, 0.3) is 0 Å². The van der Waals surface area contributed by atoms with Crippen molar-refractivity contribution in [3.05, 3.63) is 29.8 Å². The Morgan fingerprint density at radius 1 is 1.29 bits per heavy atom. The van der Waals surface area contributed by atoms with E-state index in [1.807, 2.05) is 32.9 Å². The molecule has 6 nitrogen and oxygen atoms in total. The smallest absolute Gasteiger partial charge is 0.293 e. The molecule has 1 aromatic rings. The van der Waals surface area contributed by atoms with Gasteiger partial charge in [0.25, 0.3) is 12.4 Å². The summed E-state index contributed by atoms with van der Waals surface area (Å²) in [5, 5.41) is 6.33. The molecule has 1 aromatic carbocycles. The van der Waals surface area contributed by atoms with Gasteiger partial charge in [0.15, 0.2) is 0 Å². The molecule has 0 saturated carbocycles. The molecule has 2 rings (SSSR count). The van der Waals surface area contributed by atoms with E-state index in [1.165, 1.54) is 0 Å². The summed E-state index contributed by atoms with van der Waals surface area (Å²) in [5.74, 6) is 0.693. The Morgan fingerprint density at radius 2 is 1.96 bits per heavy atom. The highest BCUT2D eigenvalue weighted by Gasteiger charge is 2.16. The molecule has 1 aliphatic rings. The van der Waals surface area contributed by atoms with Crippen LogP contribution in [0.3, 0.4) is 0 Å². The van der Waals surface area contributed by atoms with Crippen LogP contribution in [0.4, 0.5) is 0 Å². The number of piperidine rings is 1.